The van der Waals surface area contributed by atoms with Gasteiger partial charge in [-0.1, -0.05) is 6.07 Å². The normalized spacial score (nSPS) is 16.9. The molecule has 0 unspecified atom stereocenters. The Hall–Kier alpha value is -2.91. The number of thiophene rings is 1. The molecule has 0 saturated carbocycles. The van der Waals surface area contributed by atoms with Gasteiger partial charge < -0.3 is 9.47 Å². The molecule has 2 aliphatic heterocycles. The Kier molecular flexibility index (Phi) is 5.74. The van der Waals surface area contributed by atoms with Gasteiger partial charge >= 0.3 is 17.8 Å². The first-order chi connectivity index (χ1) is 14.5. The number of rotatable bonds is 7. The van der Waals surface area contributed by atoms with E-state index in [2.05, 4.69) is 0 Å². The van der Waals surface area contributed by atoms with Crippen molar-refractivity contribution in [2.75, 3.05) is 34.0 Å². The highest BCUT2D eigenvalue weighted by Gasteiger charge is 2.44. The molecule has 4 amide bonds. The van der Waals surface area contributed by atoms with Crippen molar-refractivity contribution in [2.24, 2.45) is 0 Å². The standard InChI is InChI=1S/C21H23N3O5S/c1-28-17-10-14-5-7-22(12-15(14)11-18(17)29-2)13-24-20(26)19(25)23(21(24)27)8-6-16-4-3-9-30-16/h3-4,9-11H,5-8,12-13H2,1-2H3. The molecule has 1 fully saturated rings. The van der Waals surface area contributed by atoms with Crippen molar-refractivity contribution in [1.82, 2.24) is 14.7 Å². The van der Waals surface area contributed by atoms with Crippen LogP contribution in [0.5, 0.6) is 11.5 Å². The highest BCUT2D eigenvalue weighted by Crippen LogP contribution is 2.33. The van der Waals surface area contributed by atoms with E-state index in [1.165, 1.54) is 0 Å². The molecule has 3 heterocycles. The molecule has 9 heteroatoms. The first-order valence-corrected chi connectivity index (χ1v) is 10.6. The van der Waals surface area contributed by atoms with Crippen LogP contribution in [0.3, 0.4) is 0 Å². The molecule has 0 aliphatic carbocycles. The van der Waals surface area contributed by atoms with E-state index in [0.717, 1.165) is 32.2 Å². The minimum absolute atomic E-state index is 0.0900. The summed E-state index contributed by atoms with van der Waals surface area (Å²) in [7, 11) is 3.19. The van der Waals surface area contributed by atoms with Gasteiger partial charge in [-0.15, -0.1) is 11.3 Å². The van der Waals surface area contributed by atoms with Crippen LogP contribution in [0.25, 0.3) is 0 Å². The lowest BCUT2D eigenvalue weighted by Gasteiger charge is -2.31. The summed E-state index contributed by atoms with van der Waals surface area (Å²) in [6.07, 6.45) is 1.30. The van der Waals surface area contributed by atoms with Gasteiger partial charge in [0.15, 0.2) is 11.5 Å². The Balaban J connectivity index is 1.43. The van der Waals surface area contributed by atoms with Crippen molar-refractivity contribution < 1.29 is 23.9 Å². The van der Waals surface area contributed by atoms with E-state index in [4.69, 9.17) is 9.47 Å². The number of nitrogens with zero attached hydrogens (tertiary/aromatic N) is 3. The van der Waals surface area contributed by atoms with Crippen LogP contribution in [0.4, 0.5) is 4.79 Å². The van der Waals surface area contributed by atoms with Gasteiger partial charge in [-0.05, 0) is 41.1 Å². The summed E-state index contributed by atoms with van der Waals surface area (Å²) in [6, 6.07) is 7.22. The van der Waals surface area contributed by atoms with E-state index in [0.29, 0.717) is 31.0 Å². The topological polar surface area (TPSA) is 79.4 Å². The van der Waals surface area contributed by atoms with Crippen LogP contribution in [0, 0.1) is 0 Å². The van der Waals surface area contributed by atoms with Crippen molar-refractivity contribution in [3.8, 4) is 11.5 Å². The summed E-state index contributed by atoms with van der Waals surface area (Å²) in [4.78, 5) is 42.7. The smallest absolute Gasteiger partial charge is 0.335 e. The predicted molar refractivity (Wildman–Crippen MR) is 111 cm³/mol. The second kappa shape index (κ2) is 8.45. The number of fused-ring (bicyclic) bond motifs is 1. The molecular formula is C21H23N3O5S. The van der Waals surface area contributed by atoms with Crippen LogP contribution >= 0.6 is 11.3 Å². The molecule has 0 atom stereocenters. The molecule has 0 spiro atoms. The average Bonchev–Trinajstić information content (AvgIpc) is 3.35. The lowest BCUT2D eigenvalue weighted by Crippen LogP contribution is -2.44. The molecule has 2 aliphatic rings. The molecule has 4 rings (SSSR count). The molecule has 0 bridgehead atoms. The number of hydrogen-bond acceptors (Lipinski definition) is 7. The van der Waals surface area contributed by atoms with Crippen molar-refractivity contribution >= 4 is 29.2 Å². The highest BCUT2D eigenvalue weighted by molar-refractivity contribution is 7.09. The number of methoxy groups -OCH3 is 2. The molecule has 2 aromatic rings. The molecule has 0 radical (unpaired) electrons. The molecule has 8 nitrogen and oxygen atoms in total. The predicted octanol–water partition coefficient (Wildman–Crippen LogP) is 2.11. The van der Waals surface area contributed by atoms with Gasteiger partial charge in [0.25, 0.3) is 0 Å². The van der Waals surface area contributed by atoms with Crippen LogP contribution in [-0.2, 0) is 29.0 Å². The van der Waals surface area contributed by atoms with Crippen molar-refractivity contribution in [2.45, 2.75) is 19.4 Å². The lowest BCUT2D eigenvalue weighted by molar-refractivity contribution is -0.144. The second-order valence-electron chi connectivity index (χ2n) is 7.22. The fourth-order valence-corrected chi connectivity index (χ4v) is 4.51. The van der Waals surface area contributed by atoms with Crippen LogP contribution in [-0.4, -0.2) is 66.5 Å². The van der Waals surface area contributed by atoms with E-state index in [1.807, 2.05) is 34.5 Å². The van der Waals surface area contributed by atoms with Crippen molar-refractivity contribution in [3.05, 3.63) is 45.6 Å². The summed E-state index contributed by atoms with van der Waals surface area (Å²) in [6.45, 7) is 1.52. The summed E-state index contributed by atoms with van der Waals surface area (Å²) in [5.41, 5.74) is 2.20. The zero-order chi connectivity index (χ0) is 21.3. The van der Waals surface area contributed by atoms with Gasteiger partial charge in [0.05, 0.1) is 20.9 Å². The first-order valence-electron chi connectivity index (χ1n) is 9.67. The first kappa shape index (κ1) is 20.4. The molecule has 158 valence electrons. The second-order valence-corrected chi connectivity index (χ2v) is 8.25. The number of carbonyl (C=O) groups is 3. The number of hydrogen-bond donors (Lipinski definition) is 0. The maximum atomic E-state index is 12.7. The minimum atomic E-state index is -0.760. The Morgan fingerprint density at radius 1 is 1.00 bits per heavy atom. The van der Waals surface area contributed by atoms with Gasteiger partial charge in [-0.2, -0.15) is 0 Å². The van der Waals surface area contributed by atoms with Crippen LogP contribution in [0.2, 0.25) is 0 Å². The fraction of sp³-hybridized carbons (Fsp3) is 0.381. The number of imide groups is 2. The van der Waals surface area contributed by atoms with Crippen LogP contribution in [0.15, 0.2) is 29.6 Å². The van der Waals surface area contributed by atoms with Gasteiger partial charge in [-0.3, -0.25) is 19.4 Å². The van der Waals surface area contributed by atoms with Gasteiger partial charge in [0.2, 0.25) is 0 Å². The quantitative estimate of drug-likeness (QED) is 0.496. The summed E-state index contributed by atoms with van der Waals surface area (Å²) < 4.78 is 10.7. The zero-order valence-corrected chi connectivity index (χ0v) is 17.7. The number of benzene rings is 1. The zero-order valence-electron chi connectivity index (χ0n) is 16.9. The number of ether oxygens (including phenoxy) is 2. The van der Waals surface area contributed by atoms with Crippen molar-refractivity contribution in [3.63, 3.8) is 0 Å². The van der Waals surface area contributed by atoms with Crippen molar-refractivity contribution in [1.29, 1.82) is 0 Å². The molecule has 1 aromatic carbocycles. The highest BCUT2D eigenvalue weighted by atomic mass is 32.1. The van der Waals surface area contributed by atoms with Gasteiger partial charge in [0.1, 0.15) is 0 Å². The van der Waals surface area contributed by atoms with Gasteiger partial charge in [0, 0.05) is 30.9 Å². The Morgan fingerprint density at radius 2 is 1.70 bits per heavy atom. The minimum Gasteiger partial charge on any atom is -0.493 e. The largest absolute Gasteiger partial charge is 0.493 e. The van der Waals surface area contributed by atoms with E-state index in [-0.39, 0.29) is 13.2 Å². The molecular weight excluding hydrogens is 406 g/mol. The third-order valence-corrected chi connectivity index (χ3v) is 6.37. The van der Waals surface area contributed by atoms with E-state index >= 15 is 0 Å². The Bertz CT molecular complexity index is 975. The Labute approximate surface area is 178 Å². The van der Waals surface area contributed by atoms with Crippen LogP contribution in [0.1, 0.15) is 16.0 Å². The maximum absolute atomic E-state index is 12.7. The number of amides is 4. The van der Waals surface area contributed by atoms with E-state index < -0.39 is 17.8 Å². The van der Waals surface area contributed by atoms with Gasteiger partial charge in [-0.25, -0.2) is 9.69 Å². The fourth-order valence-electron chi connectivity index (χ4n) is 3.81. The van der Waals surface area contributed by atoms with E-state index in [9.17, 15) is 14.4 Å². The maximum Gasteiger partial charge on any atom is 0.335 e. The lowest BCUT2D eigenvalue weighted by atomic mass is 9.99. The Morgan fingerprint density at radius 3 is 2.37 bits per heavy atom. The third kappa shape index (κ3) is 3.78. The molecule has 1 aromatic heterocycles. The summed E-state index contributed by atoms with van der Waals surface area (Å²) >= 11 is 1.56. The third-order valence-electron chi connectivity index (χ3n) is 5.44. The average molecular weight is 429 g/mol. The number of carbonyl (C=O) groups excluding carboxylic acids is 3. The molecule has 0 N–H and O–H groups in total. The molecule has 30 heavy (non-hydrogen) atoms. The van der Waals surface area contributed by atoms with E-state index in [1.54, 1.807) is 25.6 Å². The SMILES string of the molecule is COc1cc2c(cc1OC)CN(CN1C(=O)C(=O)N(CCc3cccs3)C1=O)CC2. The number of urea groups is 1. The monoisotopic (exact) mass is 429 g/mol. The molecule has 1 saturated heterocycles. The summed E-state index contributed by atoms with van der Waals surface area (Å²) in [5, 5.41) is 1.94. The van der Waals surface area contributed by atoms with Crippen LogP contribution < -0.4 is 9.47 Å². The summed E-state index contributed by atoms with van der Waals surface area (Å²) in [5.74, 6) is -0.187.